The fraction of sp³-hybridized carbons (Fsp3) is 0.850. The average molecular weight is 386 g/mol. The van der Waals surface area contributed by atoms with Gasteiger partial charge in [-0.1, -0.05) is 40.7 Å². The molecule has 2 saturated heterocycles. The van der Waals surface area contributed by atoms with Crippen LogP contribution in [0.15, 0.2) is 12.7 Å². The highest BCUT2D eigenvalue weighted by atomic mass is 16.9. The Hall–Kier alpha value is -0.990. The number of hydrogen-bond acceptors (Lipinski definition) is 7. The summed E-state index contributed by atoms with van der Waals surface area (Å²) in [6.07, 6.45) is 2.14. The Balaban J connectivity index is 1.86. The van der Waals surface area contributed by atoms with E-state index in [9.17, 15) is 4.79 Å². The molecule has 0 aromatic carbocycles. The second kappa shape index (κ2) is 9.01. The molecule has 27 heavy (non-hydrogen) atoms. The van der Waals surface area contributed by atoms with E-state index in [4.69, 9.17) is 28.4 Å². The van der Waals surface area contributed by atoms with Crippen LogP contribution < -0.4 is 0 Å². The normalized spacial score (nSPS) is 26.4. The lowest BCUT2D eigenvalue weighted by Gasteiger charge is -2.43. The van der Waals surface area contributed by atoms with Gasteiger partial charge in [0.05, 0.1) is 39.5 Å². The summed E-state index contributed by atoms with van der Waals surface area (Å²) in [7, 11) is 0. The Labute approximate surface area is 162 Å². The summed E-state index contributed by atoms with van der Waals surface area (Å²) >= 11 is 0. The third-order valence-electron chi connectivity index (χ3n) is 4.36. The zero-order valence-electron chi connectivity index (χ0n) is 17.2. The zero-order valence-corrected chi connectivity index (χ0v) is 17.2. The van der Waals surface area contributed by atoms with Gasteiger partial charge in [-0.15, -0.1) is 6.58 Å². The van der Waals surface area contributed by atoms with Gasteiger partial charge in [0, 0.05) is 17.3 Å². The van der Waals surface area contributed by atoms with Crippen molar-refractivity contribution in [1.29, 1.82) is 0 Å². The van der Waals surface area contributed by atoms with E-state index in [0.29, 0.717) is 39.3 Å². The smallest absolute Gasteiger partial charge is 0.305 e. The van der Waals surface area contributed by atoms with E-state index in [2.05, 4.69) is 20.4 Å². The SMILES string of the molecule is C=CC1OC1OCC(C)(C)COC1(CCOC(=O)CC)OCC(C)(C)CO1. The first-order valence-corrected chi connectivity index (χ1v) is 9.57. The van der Waals surface area contributed by atoms with Crippen molar-refractivity contribution in [2.45, 2.75) is 65.8 Å². The Morgan fingerprint density at radius 3 is 2.48 bits per heavy atom. The Morgan fingerprint density at radius 1 is 1.26 bits per heavy atom. The van der Waals surface area contributed by atoms with Crippen LogP contribution in [0.4, 0.5) is 0 Å². The van der Waals surface area contributed by atoms with Gasteiger partial charge in [-0.3, -0.25) is 4.79 Å². The maximum absolute atomic E-state index is 11.4. The number of hydrogen-bond donors (Lipinski definition) is 0. The minimum atomic E-state index is -1.21. The molecular formula is C20H34O7. The van der Waals surface area contributed by atoms with Gasteiger partial charge >= 0.3 is 5.97 Å². The molecule has 0 saturated carbocycles. The number of epoxide rings is 1. The minimum absolute atomic E-state index is 0.0199. The van der Waals surface area contributed by atoms with Crippen molar-refractivity contribution in [3.05, 3.63) is 12.7 Å². The van der Waals surface area contributed by atoms with E-state index in [1.54, 1.807) is 13.0 Å². The third kappa shape index (κ3) is 7.16. The van der Waals surface area contributed by atoms with Gasteiger partial charge < -0.3 is 28.4 Å². The molecule has 156 valence electrons. The molecule has 2 unspecified atom stereocenters. The first-order chi connectivity index (χ1) is 12.6. The summed E-state index contributed by atoms with van der Waals surface area (Å²) in [5, 5.41) is 0. The lowest BCUT2D eigenvalue weighted by Crippen LogP contribution is -2.51. The molecule has 2 atom stereocenters. The second-order valence-electron chi connectivity index (χ2n) is 8.72. The molecule has 2 rings (SSSR count). The van der Waals surface area contributed by atoms with Gasteiger partial charge in [0.2, 0.25) is 0 Å². The molecule has 0 radical (unpaired) electrons. The van der Waals surface area contributed by atoms with Gasteiger partial charge in [0.1, 0.15) is 6.10 Å². The summed E-state index contributed by atoms with van der Waals surface area (Å²) in [6.45, 7) is 15.7. The molecule has 7 heteroatoms. The largest absolute Gasteiger partial charge is 0.465 e. The van der Waals surface area contributed by atoms with E-state index >= 15 is 0 Å². The van der Waals surface area contributed by atoms with Gasteiger partial charge in [-0.2, -0.15) is 0 Å². The summed E-state index contributed by atoms with van der Waals surface area (Å²) < 4.78 is 34.2. The molecule has 0 amide bonds. The van der Waals surface area contributed by atoms with Crippen LogP contribution in [0.5, 0.6) is 0 Å². The van der Waals surface area contributed by atoms with Crippen LogP contribution in [0.1, 0.15) is 47.5 Å². The van der Waals surface area contributed by atoms with Gasteiger partial charge in [-0.25, -0.2) is 0 Å². The highest BCUT2D eigenvalue weighted by Crippen LogP contribution is 2.34. The van der Waals surface area contributed by atoms with Crippen LogP contribution in [0, 0.1) is 10.8 Å². The molecule has 2 fully saturated rings. The quantitative estimate of drug-likeness (QED) is 0.307. The number of ether oxygens (including phenoxy) is 6. The summed E-state index contributed by atoms with van der Waals surface area (Å²) in [5.74, 6) is -1.46. The van der Waals surface area contributed by atoms with E-state index in [1.165, 1.54) is 0 Å². The summed E-state index contributed by atoms with van der Waals surface area (Å²) in [6, 6.07) is 0. The minimum Gasteiger partial charge on any atom is -0.465 e. The fourth-order valence-electron chi connectivity index (χ4n) is 2.45. The van der Waals surface area contributed by atoms with Crippen LogP contribution in [-0.4, -0.2) is 57.4 Å². The molecule has 2 aliphatic heterocycles. The van der Waals surface area contributed by atoms with Crippen molar-refractivity contribution in [1.82, 2.24) is 0 Å². The van der Waals surface area contributed by atoms with Crippen molar-refractivity contribution in [3.8, 4) is 0 Å². The van der Waals surface area contributed by atoms with E-state index in [1.807, 2.05) is 13.8 Å². The van der Waals surface area contributed by atoms with Crippen LogP contribution in [0.3, 0.4) is 0 Å². The summed E-state index contributed by atoms with van der Waals surface area (Å²) in [4.78, 5) is 11.4. The molecule has 2 aliphatic rings. The fourth-order valence-corrected chi connectivity index (χ4v) is 2.45. The highest BCUT2D eigenvalue weighted by molar-refractivity contribution is 5.68. The Kier molecular flexibility index (Phi) is 7.44. The van der Waals surface area contributed by atoms with Crippen LogP contribution in [0.2, 0.25) is 0 Å². The lowest BCUT2D eigenvalue weighted by molar-refractivity contribution is -0.425. The molecule has 0 N–H and O–H groups in total. The number of esters is 1. The lowest BCUT2D eigenvalue weighted by atomic mass is 9.95. The predicted octanol–water partition coefficient (Wildman–Crippen LogP) is 3.03. The van der Waals surface area contributed by atoms with Gasteiger partial charge in [0.15, 0.2) is 6.29 Å². The molecule has 0 bridgehead atoms. The molecule has 7 nitrogen and oxygen atoms in total. The highest BCUT2D eigenvalue weighted by Gasteiger charge is 2.44. The first kappa shape index (κ1) is 22.3. The van der Waals surface area contributed by atoms with Crippen molar-refractivity contribution >= 4 is 5.97 Å². The first-order valence-electron chi connectivity index (χ1n) is 9.57. The topological polar surface area (TPSA) is 75.8 Å². The predicted molar refractivity (Wildman–Crippen MR) is 98.8 cm³/mol. The maximum atomic E-state index is 11.4. The molecule has 0 aromatic rings. The molecule has 0 aliphatic carbocycles. The standard InChI is InChI=1S/C20H34O7/c1-7-15-17(27-15)23-11-18(3,4)12-24-20(9-10-22-16(21)8-2)25-13-19(5,6)14-26-20/h7,15,17H,1,8-14H2,2-6H3. The molecule has 0 spiro atoms. The Bertz CT molecular complexity index is 504. The number of carbonyl (C=O) groups excluding carboxylic acids is 1. The monoisotopic (exact) mass is 386 g/mol. The van der Waals surface area contributed by atoms with Crippen LogP contribution >= 0.6 is 0 Å². The van der Waals surface area contributed by atoms with E-state index in [0.717, 1.165) is 0 Å². The van der Waals surface area contributed by atoms with Gasteiger partial charge in [0.25, 0.3) is 5.97 Å². The molecule has 2 heterocycles. The maximum Gasteiger partial charge on any atom is 0.305 e. The average Bonchev–Trinajstić information content (AvgIpc) is 3.39. The summed E-state index contributed by atoms with van der Waals surface area (Å²) in [5.41, 5.74) is -0.362. The Morgan fingerprint density at radius 2 is 1.93 bits per heavy atom. The number of rotatable bonds is 11. The van der Waals surface area contributed by atoms with Gasteiger partial charge in [-0.05, 0) is 0 Å². The molecular weight excluding hydrogens is 352 g/mol. The van der Waals surface area contributed by atoms with Crippen molar-refractivity contribution in [3.63, 3.8) is 0 Å². The van der Waals surface area contributed by atoms with Crippen molar-refractivity contribution in [2.24, 2.45) is 10.8 Å². The second-order valence-corrected chi connectivity index (χ2v) is 8.72. The molecule has 0 aromatic heterocycles. The van der Waals surface area contributed by atoms with Crippen LogP contribution in [0.25, 0.3) is 0 Å². The van der Waals surface area contributed by atoms with E-state index < -0.39 is 5.97 Å². The van der Waals surface area contributed by atoms with Crippen molar-refractivity contribution < 1.29 is 33.2 Å². The van der Waals surface area contributed by atoms with E-state index in [-0.39, 0.29) is 35.8 Å². The zero-order chi connectivity index (χ0) is 20.1. The third-order valence-corrected chi connectivity index (χ3v) is 4.36. The van der Waals surface area contributed by atoms with Crippen LogP contribution in [-0.2, 0) is 33.2 Å². The number of carbonyl (C=O) groups is 1. The van der Waals surface area contributed by atoms with Crippen molar-refractivity contribution in [2.75, 3.05) is 33.0 Å².